The number of anilines is 1. The average molecular weight is 467 g/mol. The Balaban J connectivity index is 1.50. The van der Waals surface area contributed by atoms with Crippen molar-refractivity contribution in [2.75, 3.05) is 25.3 Å². The number of hydrogen-bond donors (Lipinski definition) is 1. The highest BCUT2D eigenvalue weighted by Crippen LogP contribution is 2.31. The number of ether oxygens (including phenoxy) is 2. The van der Waals surface area contributed by atoms with Gasteiger partial charge in [-0.3, -0.25) is 14.3 Å². The van der Waals surface area contributed by atoms with E-state index in [2.05, 4.69) is 15.3 Å². The van der Waals surface area contributed by atoms with Crippen molar-refractivity contribution < 1.29 is 14.3 Å². The van der Waals surface area contributed by atoms with E-state index in [1.807, 2.05) is 12.1 Å². The number of nitrogens with one attached hydrogen (secondary N) is 1. The van der Waals surface area contributed by atoms with Crippen LogP contribution in [0.1, 0.15) is 29.7 Å². The molecular formula is C24H26N4O4S. The van der Waals surface area contributed by atoms with Crippen LogP contribution in [0.15, 0.2) is 52.5 Å². The molecule has 2 heterocycles. The second-order valence-electron chi connectivity index (χ2n) is 7.69. The van der Waals surface area contributed by atoms with E-state index in [4.69, 9.17) is 9.47 Å². The molecule has 0 unspecified atom stereocenters. The average Bonchev–Trinajstić information content (AvgIpc) is 2.85. The molecule has 0 bridgehead atoms. The van der Waals surface area contributed by atoms with Crippen LogP contribution in [0, 0.1) is 0 Å². The number of methoxy groups -OCH3 is 2. The van der Waals surface area contributed by atoms with E-state index in [0.29, 0.717) is 28.8 Å². The Labute approximate surface area is 196 Å². The predicted molar refractivity (Wildman–Crippen MR) is 127 cm³/mol. The largest absolute Gasteiger partial charge is 0.493 e. The molecule has 0 fully saturated rings. The number of rotatable bonds is 8. The van der Waals surface area contributed by atoms with Crippen molar-refractivity contribution >= 4 is 23.4 Å². The molecule has 2 aromatic heterocycles. The van der Waals surface area contributed by atoms with Gasteiger partial charge in [0.2, 0.25) is 5.91 Å². The Morgan fingerprint density at radius 1 is 1.15 bits per heavy atom. The van der Waals surface area contributed by atoms with Crippen LogP contribution in [-0.2, 0) is 24.2 Å². The van der Waals surface area contributed by atoms with E-state index < -0.39 is 0 Å². The van der Waals surface area contributed by atoms with Crippen LogP contribution in [0.4, 0.5) is 5.69 Å². The third kappa shape index (κ3) is 5.36. The Kier molecular flexibility index (Phi) is 7.29. The summed E-state index contributed by atoms with van der Waals surface area (Å²) in [6, 6.07) is 9.02. The molecule has 9 heteroatoms. The van der Waals surface area contributed by atoms with Crippen LogP contribution in [0.3, 0.4) is 0 Å². The summed E-state index contributed by atoms with van der Waals surface area (Å²) in [6.45, 7) is 0.451. The summed E-state index contributed by atoms with van der Waals surface area (Å²) in [5.41, 5.74) is 3.38. The van der Waals surface area contributed by atoms with Gasteiger partial charge in [0.15, 0.2) is 11.5 Å². The van der Waals surface area contributed by atoms with E-state index in [0.717, 1.165) is 42.5 Å². The highest BCUT2D eigenvalue weighted by molar-refractivity contribution is 8.00. The van der Waals surface area contributed by atoms with E-state index in [1.54, 1.807) is 49.4 Å². The van der Waals surface area contributed by atoms with Gasteiger partial charge in [-0.25, -0.2) is 4.79 Å². The number of benzene rings is 1. The van der Waals surface area contributed by atoms with Crippen molar-refractivity contribution in [1.82, 2.24) is 14.5 Å². The zero-order valence-electron chi connectivity index (χ0n) is 18.7. The number of hydrogen-bond acceptors (Lipinski definition) is 7. The SMILES string of the molecule is COc1ccc(NC(=O)CSc2nc(=O)n(Cc3cccnc3)c3c2CCCC3)cc1OC. The lowest BCUT2D eigenvalue weighted by molar-refractivity contribution is -0.113. The number of carbonyl (C=O) groups excluding carboxylic acids is 1. The standard InChI is InChI=1S/C24H26N4O4S/c1-31-20-10-9-17(12-21(20)32-2)26-22(29)15-33-23-18-7-3-4-8-19(18)28(24(30)27-23)14-16-6-5-11-25-13-16/h5-6,9-13H,3-4,7-8,14-15H2,1-2H3,(H,26,29). The molecule has 1 amide bonds. The Hall–Kier alpha value is -3.33. The minimum absolute atomic E-state index is 0.153. The Bertz CT molecular complexity index is 1200. The summed E-state index contributed by atoms with van der Waals surface area (Å²) < 4.78 is 12.3. The molecule has 8 nitrogen and oxygen atoms in total. The van der Waals surface area contributed by atoms with Crippen LogP contribution in [0.2, 0.25) is 0 Å². The number of nitrogens with zero attached hydrogens (tertiary/aromatic N) is 3. The number of fused-ring (bicyclic) bond motifs is 1. The zero-order chi connectivity index (χ0) is 23.2. The molecule has 0 saturated heterocycles. The maximum absolute atomic E-state index is 12.9. The molecule has 3 aromatic rings. The van der Waals surface area contributed by atoms with Gasteiger partial charge in [0.25, 0.3) is 0 Å². The number of aromatic nitrogens is 3. The first-order valence-corrected chi connectivity index (χ1v) is 11.7. The second kappa shape index (κ2) is 10.5. The van der Waals surface area contributed by atoms with Crippen LogP contribution < -0.4 is 20.5 Å². The molecule has 33 heavy (non-hydrogen) atoms. The van der Waals surface area contributed by atoms with Gasteiger partial charge >= 0.3 is 5.69 Å². The van der Waals surface area contributed by atoms with E-state index in [9.17, 15) is 9.59 Å². The van der Waals surface area contributed by atoms with Crippen molar-refractivity contribution in [3.05, 3.63) is 70.0 Å². The molecule has 1 aliphatic rings. The van der Waals surface area contributed by atoms with Crippen molar-refractivity contribution in [2.24, 2.45) is 0 Å². The van der Waals surface area contributed by atoms with Crippen molar-refractivity contribution in [3.63, 3.8) is 0 Å². The quantitative estimate of drug-likeness (QED) is 0.402. The lowest BCUT2D eigenvalue weighted by atomic mass is 9.97. The number of pyridine rings is 1. The van der Waals surface area contributed by atoms with Crippen LogP contribution in [-0.4, -0.2) is 40.4 Å². The first-order valence-electron chi connectivity index (χ1n) is 10.7. The fraction of sp³-hybridized carbons (Fsp3) is 0.333. The van der Waals surface area contributed by atoms with E-state index in [1.165, 1.54) is 11.8 Å². The summed E-state index contributed by atoms with van der Waals surface area (Å²) in [5, 5.41) is 3.52. The fourth-order valence-corrected chi connectivity index (χ4v) is 4.83. The number of thioether (sulfide) groups is 1. The van der Waals surface area contributed by atoms with E-state index >= 15 is 0 Å². The van der Waals surface area contributed by atoms with Crippen LogP contribution in [0.25, 0.3) is 0 Å². The Morgan fingerprint density at radius 2 is 1.97 bits per heavy atom. The monoisotopic (exact) mass is 466 g/mol. The van der Waals surface area contributed by atoms with Gasteiger partial charge in [-0.2, -0.15) is 4.98 Å². The van der Waals surface area contributed by atoms with Gasteiger partial charge in [-0.15, -0.1) is 0 Å². The van der Waals surface area contributed by atoms with Gasteiger partial charge in [-0.1, -0.05) is 17.8 Å². The van der Waals surface area contributed by atoms with E-state index in [-0.39, 0.29) is 17.3 Å². The van der Waals surface area contributed by atoms with Crippen molar-refractivity contribution in [2.45, 2.75) is 37.3 Å². The van der Waals surface area contributed by atoms with Gasteiger partial charge in [-0.05, 0) is 49.4 Å². The van der Waals surface area contributed by atoms with Crippen LogP contribution >= 0.6 is 11.8 Å². The lowest BCUT2D eigenvalue weighted by Gasteiger charge is -2.22. The molecule has 0 atom stereocenters. The Morgan fingerprint density at radius 3 is 2.73 bits per heavy atom. The second-order valence-corrected chi connectivity index (χ2v) is 8.65. The molecule has 1 N–H and O–H groups in total. The van der Waals surface area contributed by atoms with Gasteiger partial charge < -0.3 is 14.8 Å². The third-order valence-corrected chi connectivity index (χ3v) is 6.54. The molecule has 172 valence electrons. The normalized spacial score (nSPS) is 12.7. The first-order chi connectivity index (χ1) is 16.1. The topological polar surface area (TPSA) is 95.3 Å². The molecule has 1 aromatic carbocycles. The van der Waals surface area contributed by atoms with Gasteiger partial charge in [0, 0.05) is 35.4 Å². The summed E-state index contributed by atoms with van der Waals surface area (Å²) in [7, 11) is 3.11. The summed E-state index contributed by atoms with van der Waals surface area (Å²) in [5.74, 6) is 1.10. The molecular weight excluding hydrogens is 440 g/mol. The minimum atomic E-state index is -0.290. The summed E-state index contributed by atoms with van der Waals surface area (Å²) >= 11 is 1.30. The molecule has 1 aliphatic carbocycles. The molecule has 4 rings (SSSR count). The molecule has 0 aliphatic heterocycles. The minimum Gasteiger partial charge on any atom is -0.493 e. The molecule has 0 radical (unpaired) electrons. The highest BCUT2D eigenvalue weighted by atomic mass is 32.2. The van der Waals surface area contributed by atoms with Crippen LogP contribution in [0.5, 0.6) is 11.5 Å². The predicted octanol–water partition coefficient (Wildman–Crippen LogP) is 3.31. The maximum atomic E-state index is 12.9. The fourth-order valence-electron chi connectivity index (χ4n) is 3.95. The smallest absolute Gasteiger partial charge is 0.349 e. The van der Waals surface area contributed by atoms with Gasteiger partial charge in [0.05, 0.1) is 26.5 Å². The summed E-state index contributed by atoms with van der Waals surface area (Å²) in [6.07, 6.45) is 7.25. The molecule has 0 saturated carbocycles. The maximum Gasteiger partial charge on any atom is 0.349 e. The number of carbonyl (C=O) groups is 1. The molecule has 0 spiro atoms. The number of amides is 1. The summed E-state index contributed by atoms with van der Waals surface area (Å²) in [4.78, 5) is 33.9. The van der Waals surface area contributed by atoms with Crippen molar-refractivity contribution in [1.29, 1.82) is 0 Å². The zero-order valence-corrected chi connectivity index (χ0v) is 19.5. The first kappa shape index (κ1) is 22.8. The van der Waals surface area contributed by atoms with Gasteiger partial charge in [0.1, 0.15) is 5.03 Å². The van der Waals surface area contributed by atoms with Crippen molar-refractivity contribution in [3.8, 4) is 11.5 Å². The third-order valence-electron chi connectivity index (χ3n) is 5.52. The lowest BCUT2D eigenvalue weighted by Crippen LogP contribution is -2.30. The highest BCUT2D eigenvalue weighted by Gasteiger charge is 2.21.